The number of halogens is 2. The van der Waals surface area contributed by atoms with Crippen molar-refractivity contribution in [1.82, 2.24) is 25.7 Å². The maximum absolute atomic E-state index is 10.0. The lowest BCUT2D eigenvalue weighted by Crippen LogP contribution is -2.47. The first-order valence-corrected chi connectivity index (χ1v) is 12.1. The van der Waals surface area contributed by atoms with E-state index in [1.807, 2.05) is 29.4 Å². The Hall–Kier alpha value is -1.94. The van der Waals surface area contributed by atoms with Gasteiger partial charge in [-0.15, -0.1) is 0 Å². The second-order valence-corrected chi connectivity index (χ2v) is 9.47. The molecule has 0 radical (unpaired) electrons. The van der Waals surface area contributed by atoms with E-state index in [2.05, 4.69) is 22.6 Å². The number of hydroxylamine groups is 1. The summed E-state index contributed by atoms with van der Waals surface area (Å²) in [5.74, 6) is 0.572. The molecule has 0 spiro atoms. The van der Waals surface area contributed by atoms with Crippen molar-refractivity contribution in [3.8, 4) is 0 Å². The highest BCUT2D eigenvalue weighted by molar-refractivity contribution is 6.31. The highest BCUT2D eigenvalue weighted by Crippen LogP contribution is 2.42. The molecule has 178 valence electrons. The van der Waals surface area contributed by atoms with Crippen molar-refractivity contribution in [2.24, 2.45) is 0 Å². The molecule has 5 rings (SSSR count). The van der Waals surface area contributed by atoms with Crippen molar-refractivity contribution in [2.75, 3.05) is 26.7 Å². The fourth-order valence-corrected chi connectivity index (χ4v) is 5.08. The summed E-state index contributed by atoms with van der Waals surface area (Å²) < 4.78 is 5.95. The highest BCUT2D eigenvalue weighted by Gasteiger charge is 2.46. The Bertz CT molecular complexity index is 1000. The third-order valence-corrected chi connectivity index (χ3v) is 6.86. The Morgan fingerprint density at radius 3 is 2.88 bits per heavy atom. The van der Waals surface area contributed by atoms with Gasteiger partial charge in [-0.05, 0) is 24.1 Å². The number of rotatable bonds is 7. The molecule has 1 fully saturated rings. The predicted octanol–water partition coefficient (Wildman–Crippen LogP) is 3.00. The van der Waals surface area contributed by atoms with E-state index in [9.17, 15) is 5.11 Å². The molecular formula is C23H29Cl2N5O3. The number of nitrogens with one attached hydrogen (secondary N) is 2. The van der Waals surface area contributed by atoms with Gasteiger partial charge in [0.15, 0.2) is 12.0 Å². The number of epoxide rings is 1. The third kappa shape index (κ3) is 4.56. The summed E-state index contributed by atoms with van der Waals surface area (Å²) in [5.41, 5.74) is 3.33. The number of benzene rings is 1. The zero-order chi connectivity index (χ0) is 23.1. The molecule has 0 amide bonds. The Balaban J connectivity index is 1.30. The molecule has 4 heterocycles. The van der Waals surface area contributed by atoms with Gasteiger partial charge in [-0.2, -0.15) is 0 Å². The Morgan fingerprint density at radius 2 is 2.12 bits per heavy atom. The lowest BCUT2D eigenvalue weighted by Gasteiger charge is -2.36. The summed E-state index contributed by atoms with van der Waals surface area (Å²) in [6.07, 6.45) is 4.34. The number of aliphatic hydroxyl groups excluding tert-OH is 1. The number of hydrogen-bond acceptors (Lipinski definition) is 8. The van der Waals surface area contributed by atoms with Crippen LogP contribution in [-0.4, -0.2) is 65.4 Å². The second kappa shape index (κ2) is 9.37. The molecule has 3 N–H and O–H groups in total. The highest BCUT2D eigenvalue weighted by atomic mass is 35.5. The molecule has 4 aliphatic rings. The van der Waals surface area contributed by atoms with Crippen molar-refractivity contribution >= 4 is 23.2 Å². The van der Waals surface area contributed by atoms with Gasteiger partial charge in [0.2, 0.25) is 0 Å². The van der Waals surface area contributed by atoms with Crippen LogP contribution in [0.25, 0.3) is 0 Å². The number of hydrogen-bond donors (Lipinski definition) is 3. The first-order valence-electron chi connectivity index (χ1n) is 11.3. The van der Waals surface area contributed by atoms with Crippen LogP contribution in [0.3, 0.4) is 0 Å². The number of allylic oxidation sites excluding steroid dienone is 1. The van der Waals surface area contributed by atoms with Crippen LogP contribution in [0.15, 0.2) is 58.7 Å². The smallest absolute Gasteiger partial charge is 0.167 e. The maximum atomic E-state index is 10.0. The summed E-state index contributed by atoms with van der Waals surface area (Å²) in [7, 11) is 1.76. The summed E-state index contributed by atoms with van der Waals surface area (Å²) in [6.45, 7) is 4.42. The van der Waals surface area contributed by atoms with E-state index in [1.165, 1.54) is 5.70 Å². The molecule has 4 unspecified atom stereocenters. The van der Waals surface area contributed by atoms with E-state index >= 15 is 0 Å². The van der Waals surface area contributed by atoms with Gasteiger partial charge >= 0.3 is 0 Å². The molecule has 0 aliphatic carbocycles. The van der Waals surface area contributed by atoms with E-state index < -0.39 is 6.23 Å². The van der Waals surface area contributed by atoms with Crippen molar-refractivity contribution < 1.29 is 14.7 Å². The van der Waals surface area contributed by atoms with Gasteiger partial charge in [-0.3, -0.25) is 10.3 Å². The Labute approximate surface area is 203 Å². The molecule has 0 bridgehead atoms. The minimum absolute atomic E-state index is 0.0346. The largest absolute Gasteiger partial charge is 0.386 e. The summed E-state index contributed by atoms with van der Waals surface area (Å²) in [5, 5.41) is 22.3. The average Bonchev–Trinajstić information content (AvgIpc) is 3.46. The van der Waals surface area contributed by atoms with Crippen LogP contribution in [0.4, 0.5) is 0 Å². The molecular weight excluding hydrogens is 465 g/mol. The first-order chi connectivity index (χ1) is 16.0. The van der Waals surface area contributed by atoms with Gasteiger partial charge < -0.3 is 24.9 Å². The molecule has 4 atom stereocenters. The van der Waals surface area contributed by atoms with E-state index in [1.54, 1.807) is 24.2 Å². The van der Waals surface area contributed by atoms with Gasteiger partial charge in [0.25, 0.3) is 0 Å². The zero-order valence-electron chi connectivity index (χ0n) is 18.7. The molecule has 10 heteroatoms. The topological polar surface area (TPSA) is 75.8 Å². The molecule has 33 heavy (non-hydrogen) atoms. The minimum Gasteiger partial charge on any atom is -0.386 e. The zero-order valence-corrected chi connectivity index (χ0v) is 20.2. The second-order valence-electron chi connectivity index (χ2n) is 8.62. The third-order valence-electron chi connectivity index (χ3n) is 6.21. The van der Waals surface area contributed by atoms with Crippen LogP contribution < -0.4 is 10.6 Å². The lowest BCUT2D eigenvalue weighted by molar-refractivity contribution is -0.228. The number of nitrogens with zero attached hydrogens (tertiary/aromatic N) is 3. The fourth-order valence-electron chi connectivity index (χ4n) is 4.57. The molecule has 8 nitrogen and oxygen atoms in total. The molecule has 4 aliphatic heterocycles. The quantitative estimate of drug-likeness (QED) is 0.500. The van der Waals surface area contributed by atoms with Crippen molar-refractivity contribution in [3.05, 3.63) is 69.3 Å². The van der Waals surface area contributed by atoms with E-state index in [0.29, 0.717) is 17.3 Å². The van der Waals surface area contributed by atoms with Crippen LogP contribution in [0.5, 0.6) is 0 Å². The van der Waals surface area contributed by atoms with Crippen LogP contribution in [0, 0.1) is 0 Å². The molecule has 1 aromatic rings. The summed E-state index contributed by atoms with van der Waals surface area (Å²) in [6, 6.07) is 7.95. The monoisotopic (exact) mass is 493 g/mol. The molecule has 1 aromatic carbocycles. The fraction of sp³-hybridized carbons (Fsp3) is 0.478. The van der Waals surface area contributed by atoms with Gasteiger partial charge in [0.1, 0.15) is 12.3 Å². The van der Waals surface area contributed by atoms with E-state index in [4.69, 9.17) is 32.8 Å². The van der Waals surface area contributed by atoms with Gasteiger partial charge in [0.05, 0.1) is 29.0 Å². The van der Waals surface area contributed by atoms with E-state index in [0.717, 1.165) is 42.2 Å². The number of aliphatic hydroxyl groups is 1. The van der Waals surface area contributed by atoms with Crippen LogP contribution in [0.2, 0.25) is 5.02 Å². The standard InChI is InChI=1S/C23H29Cl2N5O3/c1-3-10-29-20-18(27-22-21(32-22)15-6-4-5-7-16(15)24)8-9-26-19(20)13-30(29)33-14-11-17(25)23(31)28(2)12-14/h4-7,11-12,18,21-23,26-27,31H,3,8-10,13H2,1-2H3. The minimum atomic E-state index is -0.851. The molecule has 1 saturated heterocycles. The molecule has 0 saturated carbocycles. The number of likely N-dealkylation sites (N-methyl/N-ethyl adjacent to an activating group) is 1. The average molecular weight is 494 g/mol. The van der Waals surface area contributed by atoms with Crippen LogP contribution in [0.1, 0.15) is 31.4 Å². The lowest BCUT2D eigenvalue weighted by atomic mass is 10.0. The Kier molecular flexibility index (Phi) is 6.48. The van der Waals surface area contributed by atoms with Gasteiger partial charge in [0, 0.05) is 43.0 Å². The van der Waals surface area contributed by atoms with Crippen molar-refractivity contribution in [3.63, 3.8) is 0 Å². The number of hydrazine groups is 1. The summed E-state index contributed by atoms with van der Waals surface area (Å²) >= 11 is 12.5. The van der Waals surface area contributed by atoms with Crippen LogP contribution >= 0.6 is 23.2 Å². The van der Waals surface area contributed by atoms with Crippen molar-refractivity contribution in [1.29, 1.82) is 0 Å². The van der Waals surface area contributed by atoms with Gasteiger partial charge in [-0.1, -0.05) is 48.3 Å². The predicted molar refractivity (Wildman–Crippen MR) is 126 cm³/mol. The Morgan fingerprint density at radius 1 is 1.30 bits per heavy atom. The first kappa shape index (κ1) is 22.8. The SMILES string of the molecule is CCCN1C2=C(CN1OC1=CN(C)C(O)C(Cl)=C1)NCCC2NC1OC1c1ccccc1Cl. The van der Waals surface area contributed by atoms with Crippen molar-refractivity contribution in [2.45, 2.75) is 44.4 Å². The maximum Gasteiger partial charge on any atom is 0.167 e. The summed E-state index contributed by atoms with van der Waals surface area (Å²) in [4.78, 5) is 7.84. The normalized spacial score (nSPS) is 29.5. The van der Waals surface area contributed by atoms with Crippen LogP contribution in [-0.2, 0) is 9.57 Å². The van der Waals surface area contributed by atoms with E-state index in [-0.39, 0.29) is 18.4 Å². The number of ether oxygens (including phenoxy) is 1. The van der Waals surface area contributed by atoms with Gasteiger partial charge in [-0.25, -0.2) is 0 Å². The molecule has 0 aromatic heterocycles.